The Morgan fingerprint density at radius 3 is 2.54 bits per heavy atom. The molecule has 1 N–H and O–H groups in total. The summed E-state index contributed by atoms with van der Waals surface area (Å²) in [6.07, 6.45) is 1.01. The summed E-state index contributed by atoms with van der Waals surface area (Å²) in [6.45, 7) is 5.76. The first-order chi connectivity index (χ1) is 22.8. The molecule has 6 bridgehead atoms. The number of rotatable bonds is 1. The number of hydrogen-bond donors (Lipinski definition) is 1. The van der Waals surface area contributed by atoms with Gasteiger partial charge in [-0.25, -0.2) is 13.2 Å². The van der Waals surface area contributed by atoms with Gasteiger partial charge in [0.2, 0.25) is 0 Å². The van der Waals surface area contributed by atoms with Crippen molar-refractivity contribution in [2.45, 2.75) is 55.8 Å². The molecule has 250 valence electrons. The highest BCUT2D eigenvalue weighted by Gasteiger charge is 2.27. The molecule has 5 aromatic rings. The van der Waals surface area contributed by atoms with Crippen molar-refractivity contribution in [1.29, 1.82) is 0 Å². The van der Waals surface area contributed by atoms with Gasteiger partial charge in [0.05, 0.1) is 29.5 Å². The molecule has 12 heteroatoms. The predicted octanol–water partition coefficient (Wildman–Crippen LogP) is 7.68. The van der Waals surface area contributed by atoms with Gasteiger partial charge < -0.3 is 9.84 Å². The molecule has 0 atom stereocenters. The summed E-state index contributed by atoms with van der Waals surface area (Å²) in [4.78, 5) is 13.4. The molecule has 0 fully saturated rings. The molecular formula is C36H37ClN4O5S2. The van der Waals surface area contributed by atoms with Gasteiger partial charge in [0.15, 0.2) is 9.84 Å². The maximum atomic E-state index is 13.7. The Kier molecular flexibility index (Phi) is 9.48. The fraction of sp³-hybridized carbons (Fsp3) is 0.306. The highest BCUT2D eigenvalue weighted by Crippen LogP contribution is 2.41. The SMILES string of the molecule is C/C(C(=O)O)=C1/CCCOc2cc(cc3ccccc23)SCc2cc(nn2C)CS(=O)(=O)Cc2nn(C)c(C)c2-c2c(Cl)ccc1c2C. The molecule has 9 nitrogen and oxygen atoms in total. The van der Waals surface area contributed by atoms with E-state index in [-0.39, 0.29) is 17.1 Å². The molecule has 1 aliphatic rings. The smallest absolute Gasteiger partial charge is 0.331 e. The number of carboxylic acids is 1. The van der Waals surface area contributed by atoms with E-state index in [1.165, 1.54) is 0 Å². The van der Waals surface area contributed by atoms with Crippen molar-refractivity contribution >= 4 is 55.5 Å². The molecule has 0 amide bonds. The quantitative estimate of drug-likeness (QED) is 0.177. The lowest BCUT2D eigenvalue weighted by Gasteiger charge is -2.19. The minimum absolute atomic E-state index is 0.230. The van der Waals surface area contributed by atoms with Crippen LogP contribution in [0.25, 0.3) is 27.5 Å². The van der Waals surface area contributed by atoms with Crippen LogP contribution < -0.4 is 4.74 Å². The summed E-state index contributed by atoms with van der Waals surface area (Å²) >= 11 is 8.49. The number of hydrogen-bond acceptors (Lipinski definition) is 7. The van der Waals surface area contributed by atoms with Crippen LogP contribution in [0.3, 0.4) is 0 Å². The van der Waals surface area contributed by atoms with Gasteiger partial charge in [-0.15, -0.1) is 11.8 Å². The predicted molar refractivity (Wildman–Crippen MR) is 191 cm³/mol. The Morgan fingerprint density at radius 2 is 1.77 bits per heavy atom. The van der Waals surface area contributed by atoms with E-state index in [1.54, 1.807) is 41.2 Å². The zero-order chi connectivity index (χ0) is 34.3. The van der Waals surface area contributed by atoms with Crippen molar-refractivity contribution in [3.63, 3.8) is 0 Å². The zero-order valence-electron chi connectivity index (χ0n) is 27.5. The summed E-state index contributed by atoms with van der Waals surface area (Å²) in [5.41, 5.74) is 6.17. The topological polar surface area (TPSA) is 116 Å². The molecule has 6 rings (SSSR count). The van der Waals surface area contributed by atoms with Gasteiger partial charge in [-0.05, 0) is 80.0 Å². The highest BCUT2D eigenvalue weighted by molar-refractivity contribution is 7.98. The van der Waals surface area contributed by atoms with Gasteiger partial charge in [0, 0.05) is 63.2 Å². The molecular weight excluding hydrogens is 668 g/mol. The lowest BCUT2D eigenvalue weighted by molar-refractivity contribution is -0.132. The average molecular weight is 705 g/mol. The lowest BCUT2D eigenvalue weighted by Crippen LogP contribution is -2.10. The Labute approximate surface area is 289 Å². The Bertz CT molecular complexity index is 2220. The van der Waals surface area contributed by atoms with Gasteiger partial charge >= 0.3 is 5.97 Å². The van der Waals surface area contributed by atoms with Crippen molar-refractivity contribution in [2.24, 2.45) is 14.1 Å². The summed E-state index contributed by atoms with van der Waals surface area (Å²) in [6, 6.07) is 17.6. The number of halogens is 1. The van der Waals surface area contributed by atoms with E-state index in [1.807, 2.05) is 63.4 Å². The first-order valence-corrected chi connectivity index (χ1v) is 18.8. The summed E-state index contributed by atoms with van der Waals surface area (Å²) in [7, 11) is -0.108. The standard InChI is InChI=1S/C36H37ClN4O5S2/c1-21-29-12-13-31(37)34(21)35-23(3)40(4)39-32(35)20-48(44,45)19-25-16-26(41(5)38-25)18-47-27-15-24-9-6-7-10-30(24)33(17-27)46-14-8-11-28(29)22(2)36(42)43/h6-7,9-10,12-13,15-17H,8,11,14,18-20H2,1-5H3,(H,42,43)/b28-22+. The molecule has 0 radical (unpaired) electrons. The molecule has 3 heterocycles. The third kappa shape index (κ3) is 6.76. The highest BCUT2D eigenvalue weighted by atomic mass is 35.5. The van der Waals surface area contributed by atoms with E-state index in [2.05, 4.69) is 16.3 Å². The van der Waals surface area contributed by atoms with Crippen molar-refractivity contribution in [3.05, 3.63) is 99.1 Å². The van der Waals surface area contributed by atoms with Crippen LogP contribution in [-0.4, -0.2) is 45.7 Å². The molecule has 0 saturated carbocycles. The van der Waals surface area contributed by atoms with Crippen LogP contribution in [0.5, 0.6) is 5.75 Å². The van der Waals surface area contributed by atoms with Crippen LogP contribution in [0.1, 0.15) is 53.7 Å². The normalized spacial score (nSPS) is 16.5. The minimum Gasteiger partial charge on any atom is -0.493 e. The van der Waals surface area contributed by atoms with Gasteiger partial charge in [0.1, 0.15) is 5.75 Å². The van der Waals surface area contributed by atoms with Gasteiger partial charge in [-0.3, -0.25) is 9.36 Å². The fourth-order valence-corrected chi connectivity index (χ4v) is 8.97. The van der Waals surface area contributed by atoms with Crippen LogP contribution >= 0.6 is 23.4 Å². The molecule has 0 unspecified atom stereocenters. The fourth-order valence-electron chi connectivity index (χ4n) is 6.37. The lowest BCUT2D eigenvalue weighted by atomic mass is 9.88. The van der Waals surface area contributed by atoms with Crippen LogP contribution in [0.15, 0.2) is 65.1 Å². The van der Waals surface area contributed by atoms with Crippen LogP contribution in [0.4, 0.5) is 0 Å². The second kappa shape index (κ2) is 13.4. The van der Waals surface area contributed by atoms with Gasteiger partial charge in [-0.1, -0.05) is 41.9 Å². The number of allylic oxidation sites excluding steroid dienone is 1. The first kappa shape index (κ1) is 33.8. The molecule has 0 saturated heterocycles. The Balaban J connectivity index is 1.50. The maximum Gasteiger partial charge on any atom is 0.331 e. The largest absolute Gasteiger partial charge is 0.493 e. The Morgan fingerprint density at radius 1 is 1.00 bits per heavy atom. The molecule has 0 aliphatic carbocycles. The molecule has 1 aliphatic heterocycles. The number of carboxylic acid groups (broad SMARTS) is 1. The minimum atomic E-state index is -3.70. The molecule has 2 aromatic heterocycles. The first-order valence-electron chi connectivity index (χ1n) is 15.6. The van der Waals surface area contributed by atoms with E-state index in [0.29, 0.717) is 58.3 Å². The van der Waals surface area contributed by atoms with E-state index >= 15 is 0 Å². The number of sulfone groups is 1. The number of aryl methyl sites for hydroxylation is 2. The van der Waals surface area contributed by atoms with Crippen molar-refractivity contribution in [1.82, 2.24) is 19.6 Å². The third-order valence-corrected chi connectivity index (χ3v) is 11.7. The number of nitrogens with zero attached hydrogens (tertiary/aromatic N) is 4. The molecule has 0 spiro atoms. The third-order valence-electron chi connectivity index (χ3n) is 8.93. The molecule has 3 aromatic carbocycles. The van der Waals surface area contributed by atoms with Crippen molar-refractivity contribution in [2.75, 3.05) is 6.61 Å². The van der Waals surface area contributed by atoms with Gasteiger partial charge in [0.25, 0.3) is 0 Å². The Hall–Kier alpha value is -4.06. The number of aromatic nitrogens is 4. The van der Waals surface area contributed by atoms with Crippen LogP contribution in [-0.2, 0) is 46.0 Å². The second-order valence-corrected chi connectivity index (χ2v) is 15.7. The molecule has 48 heavy (non-hydrogen) atoms. The number of benzene rings is 3. The van der Waals surface area contributed by atoms with Crippen LogP contribution in [0.2, 0.25) is 5.02 Å². The number of thioether (sulfide) groups is 1. The second-order valence-electron chi connectivity index (χ2n) is 12.2. The number of aliphatic carboxylic acids is 1. The summed E-state index contributed by atoms with van der Waals surface area (Å²) < 4.78 is 37.2. The van der Waals surface area contributed by atoms with E-state index < -0.39 is 15.8 Å². The van der Waals surface area contributed by atoms with E-state index in [0.717, 1.165) is 43.9 Å². The van der Waals surface area contributed by atoms with Crippen LogP contribution in [0, 0.1) is 13.8 Å². The van der Waals surface area contributed by atoms with Gasteiger partial charge in [-0.2, -0.15) is 10.2 Å². The number of carbonyl (C=O) groups is 1. The summed E-state index contributed by atoms with van der Waals surface area (Å²) in [5, 5.41) is 21.7. The number of ether oxygens (including phenoxy) is 1. The van der Waals surface area contributed by atoms with E-state index in [4.69, 9.17) is 16.3 Å². The van der Waals surface area contributed by atoms with E-state index in [9.17, 15) is 18.3 Å². The monoisotopic (exact) mass is 704 g/mol. The average Bonchev–Trinajstić information content (AvgIpc) is 3.51. The van der Waals surface area contributed by atoms with Crippen molar-refractivity contribution in [3.8, 4) is 16.9 Å². The zero-order valence-corrected chi connectivity index (χ0v) is 29.9. The maximum absolute atomic E-state index is 13.7. The number of fused-ring (bicyclic) bond motifs is 10. The summed E-state index contributed by atoms with van der Waals surface area (Å²) in [5.74, 6) is -0.223. The van der Waals surface area contributed by atoms with Crippen molar-refractivity contribution < 1.29 is 23.1 Å².